The summed E-state index contributed by atoms with van der Waals surface area (Å²) in [5.41, 5.74) is 0.211. The minimum atomic E-state index is -4.38. The van der Waals surface area contributed by atoms with Crippen molar-refractivity contribution in [1.82, 2.24) is 14.8 Å². The molecule has 0 saturated carbocycles. The number of hydrogen-bond acceptors (Lipinski definition) is 4. The Morgan fingerprint density at radius 1 is 1.27 bits per heavy atom. The molecular weight excluding hydrogens is 451 g/mol. The van der Waals surface area contributed by atoms with Gasteiger partial charge in [0.05, 0.1) is 15.5 Å². The van der Waals surface area contributed by atoms with E-state index in [-0.39, 0.29) is 10.8 Å². The molecule has 1 N–H and O–H groups in total. The quantitative estimate of drug-likeness (QED) is 0.514. The van der Waals surface area contributed by atoms with Crippen LogP contribution in [0.25, 0.3) is 16.4 Å². The molecule has 1 aromatic carbocycles. The van der Waals surface area contributed by atoms with Crippen molar-refractivity contribution in [1.29, 1.82) is 0 Å². The van der Waals surface area contributed by atoms with E-state index in [1.54, 1.807) is 18.0 Å². The summed E-state index contributed by atoms with van der Waals surface area (Å²) in [6.45, 7) is 4.05. The number of alkyl halides is 3. The molecule has 26 heavy (non-hydrogen) atoms. The minimum Gasteiger partial charge on any atom is -0.267 e. The van der Waals surface area contributed by atoms with Gasteiger partial charge in [-0.25, -0.2) is 9.67 Å². The largest absolute Gasteiger partial charge is 0.416 e. The van der Waals surface area contributed by atoms with E-state index in [1.165, 1.54) is 28.2 Å². The van der Waals surface area contributed by atoms with Crippen molar-refractivity contribution < 1.29 is 13.2 Å². The van der Waals surface area contributed by atoms with Gasteiger partial charge in [-0.1, -0.05) is 37.3 Å². The van der Waals surface area contributed by atoms with Crippen molar-refractivity contribution >= 4 is 39.0 Å². The highest BCUT2D eigenvalue weighted by molar-refractivity contribution is 9.10. The van der Waals surface area contributed by atoms with Gasteiger partial charge in [0.15, 0.2) is 0 Å². The molecule has 0 radical (unpaired) electrons. The molecular formula is C16H13BrF3N3OS2. The molecule has 0 fully saturated rings. The number of halogens is 4. The number of aromatic amines is 1. The van der Waals surface area contributed by atoms with Crippen molar-refractivity contribution in [2.75, 3.05) is 0 Å². The fourth-order valence-corrected chi connectivity index (χ4v) is 4.91. The number of thioether (sulfide) groups is 1. The number of rotatable bonds is 4. The van der Waals surface area contributed by atoms with E-state index < -0.39 is 11.7 Å². The highest BCUT2D eigenvalue weighted by Crippen LogP contribution is 2.40. The van der Waals surface area contributed by atoms with E-state index in [4.69, 9.17) is 0 Å². The maximum Gasteiger partial charge on any atom is 0.416 e. The Hall–Kier alpha value is -1.52. The highest BCUT2D eigenvalue weighted by Gasteiger charge is 2.30. The predicted molar refractivity (Wildman–Crippen MR) is 101 cm³/mol. The van der Waals surface area contributed by atoms with Crippen molar-refractivity contribution in [3.8, 4) is 16.4 Å². The second-order valence-electron chi connectivity index (χ2n) is 5.66. The standard InChI is InChI=1S/C16H13BrF3N3OS2/c1-8(2)25-14-12(9-3-5-10(6-4-9)16(18,19)20)21-15(26-14)23-7-11(17)13(24)22-23/h3-8H,1-2H3,(H,22,24). The molecule has 2 aromatic heterocycles. The van der Waals surface area contributed by atoms with Crippen molar-refractivity contribution in [2.24, 2.45) is 0 Å². The molecule has 138 valence electrons. The van der Waals surface area contributed by atoms with Gasteiger partial charge in [0, 0.05) is 17.0 Å². The lowest BCUT2D eigenvalue weighted by molar-refractivity contribution is -0.137. The Morgan fingerprint density at radius 2 is 1.92 bits per heavy atom. The minimum absolute atomic E-state index is 0.270. The highest BCUT2D eigenvalue weighted by atomic mass is 79.9. The zero-order chi connectivity index (χ0) is 19.1. The Morgan fingerprint density at radius 3 is 2.42 bits per heavy atom. The van der Waals surface area contributed by atoms with Crippen molar-refractivity contribution in [3.63, 3.8) is 0 Å². The zero-order valence-corrected chi connectivity index (χ0v) is 16.8. The number of nitrogens with zero attached hydrogens (tertiary/aromatic N) is 2. The molecule has 0 bridgehead atoms. The smallest absolute Gasteiger partial charge is 0.267 e. The van der Waals surface area contributed by atoms with Gasteiger partial charge in [0.1, 0.15) is 4.47 Å². The summed E-state index contributed by atoms with van der Waals surface area (Å²) in [5.74, 6) is 0. The average Bonchev–Trinajstić information content (AvgIpc) is 3.10. The van der Waals surface area contributed by atoms with Gasteiger partial charge in [0.2, 0.25) is 5.13 Å². The van der Waals surface area contributed by atoms with Gasteiger partial charge < -0.3 is 0 Å². The zero-order valence-electron chi connectivity index (χ0n) is 13.6. The Kier molecular flexibility index (Phi) is 5.36. The van der Waals surface area contributed by atoms with Crippen LogP contribution in [0.4, 0.5) is 13.2 Å². The first kappa shape index (κ1) is 19.2. The lowest BCUT2D eigenvalue weighted by atomic mass is 10.1. The Labute approximate surface area is 163 Å². The van der Waals surface area contributed by atoms with Crippen LogP contribution in [0.2, 0.25) is 0 Å². The topological polar surface area (TPSA) is 50.7 Å². The second kappa shape index (κ2) is 7.24. The monoisotopic (exact) mass is 463 g/mol. The summed E-state index contributed by atoms with van der Waals surface area (Å²) >= 11 is 6.09. The predicted octanol–water partition coefficient (Wildman–Crippen LogP) is 5.57. The number of benzene rings is 1. The molecule has 0 unspecified atom stereocenters. The van der Waals surface area contributed by atoms with Crippen LogP contribution >= 0.6 is 39.0 Å². The number of H-pyrrole nitrogens is 1. The maximum atomic E-state index is 12.8. The normalized spacial score (nSPS) is 12.1. The summed E-state index contributed by atoms with van der Waals surface area (Å²) in [4.78, 5) is 16.2. The maximum absolute atomic E-state index is 12.8. The van der Waals surface area contributed by atoms with Crippen LogP contribution in [0, 0.1) is 0 Å². The lowest BCUT2D eigenvalue weighted by Gasteiger charge is -2.08. The van der Waals surface area contributed by atoms with Crippen molar-refractivity contribution in [3.05, 3.63) is 50.9 Å². The number of nitrogens with one attached hydrogen (secondary N) is 1. The third kappa shape index (κ3) is 4.07. The summed E-state index contributed by atoms with van der Waals surface area (Å²) in [6, 6.07) is 4.93. The van der Waals surface area contributed by atoms with E-state index in [1.807, 2.05) is 13.8 Å². The van der Waals surface area contributed by atoms with Crippen LogP contribution < -0.4 is 5.56 Å². The van der Waals surface area contributed by atoms with Gasteiger partial charge in [-0.3, -0.25) is 9.89 Å². The van der Waals surface area contributed by atoms with Gasteiger partial charge in [-0.2, -0.15) is 13.2 Å². The third-order valence-corrected chi connectivity index (χ3v) is 6.13. The molecule has 0 spiro atoms. The van der Waals surface area contributed by atoms with Crippen molar-refractivity contribution in [2.45, 2.75) is 29.5 Å². The second-order valence-corrected chi connectivity index (χ2v) is 9.34. The first-order valence-corrected chi connectivity index (χ1v) is 9.96. The molecule has 2 heterocycles. The van der Waals surface area contributed by atoms with Crippen LogP contribution in [0.1, 0.15) is 19.4 Å². The van der Waals surface area contributed by atoms with E-state index in [0.29, 0.717) is 20.9 Å². The van der Waals surface area contributed by atoms with Crippen LogP contribution in [0.3, 0.4) is 0 Å². The molecule has 0 amide bonds. The van der Waals surface area contributed by atoms with E-state index in [9.17, 15) is 18.0 Å². The first-order chi connectivity index (χ1) is 12.1. The van der Waals surface area contributed by atoms with Crippen LogP contribution in [-0.4, -0.2) is 20.0 Å². The fourth-order valence-electron chi connectivity index (χ4n) is 2.16. The number of aromatic nitrogens is 3. The number of hydrogen-bond donors (Lipinski definition) is 1. The summed E-state index contributed by atoms with van der Waals surface area (Å²) in [5, 5.41) is 3.44. The number of thiazole rings is 1. The molecule has 0 saturated heterocycles. The Bertz CT molecular complexity index is 974. The summed E-state index contributed by atoms with van der Waals surface area (Å²) < 4.78 is 41.1. The van der Waals surface area contributed by atoms with Gasteiger partial charge in [-0.05, 0) is 28.1 Å². The molecule has 10 heteroatoms. The Balaban J connectivity index is 2.06. The van der Waals surface area contributed by atoms with Gasteiger partial charge >= 0.3 is 6.18 Å². The summed E-state index contributed by atoms with van der Waals surface area (Å²) in [7, 11) is 0. The van der Waals surface area contributed by atoms with E-state index >= 15 is 0 Å². The van der Waals surface area contributed by atoms with Crippen LogP contribution in [-0.2, 0) is 6.18 Å². The molecule has 0 aliphatic carbocycles. The van der Waals surface area contributed by atoms with Gasteiger partial charge in [-0.15, -0.1) is 11.8 Å². The first-order valence-electron chi connectivity index (χ1n) is 7.48. The average molecular weight is 464 g/mol. The molecule has 0 atom stereocenters. The lowest BCUT2D eigenvalue weighted by Crippen LogP contribution is -2.04. The molecule has 0 aliphatic rings. The van der Waals surface area contributed by atoms with Crippen LogP contribution in [0.15, 0.2) is 43.9 Å². The molecule has 3 rings (SSSR count). The molecule has 0 aliphatic heterocycles. The molecule has 3 aromatic rings. The van der Waals surface area contributed by atoms with E-state index in [2.05, 4.69) is 26.0 Å². The fraction of sp³-hybridized carbons (Fsp3) is 0.250. The SMILES string of the molecule is CC(C)Sc1sc(-n2cc(Br)c(=O)[nH]2)nc1-c1ccc(C(F)(F)F)cc1. The van der Waals surface area contributed by atoms with E-state index in [0.717, 1.165) is 16.3 Å². The summed E-state index contributed by atoms with van der Waals surface area (Å²) in [6.07, 6.45) is -2.81. The van der Waals surface area contributed by atoms with Crippen LogP contribution in [0.5, 0.6) is 0 Å². The third-order valence-electron chi connectivity index (χ3n) is 3.30. The molecule has 4 nitrogen and oxygen atoms in total. The van der Waals surface area contributed by atoms with Gasteiger partial charge in [0.25, 0.3) is 5.56 Å².